The largest absolute Gasteiger partial charge is 0.253 e. The van der Waals surface area contributed by atoms with E-state index >= 15 is 0 Å². The van der Waals surface area contributed by atoms with Gasteiger partial charge in [-0.1, -0.05) is 147 Å². The van der Waals surface area contributed by atoms with Crippen LogP contribution in [-0.2, 0) is 0 Å². The molecule has 0 amide bonds. The lowest BCUT2D eigenvalue weighted by Crippen LogP contribution is -2.25. The highest BCUT2D eigenvalue weighted by Gasteiger charge is 2.37. The van der Waals surface area contributed by atoms with Crippen LogP contribution in [0.1, 0.15) is 24.0 Å². The van der Waals surface area contributed by atoms with Crippen LogP contribution < -0.4 is 0 Å². The number of nitrogens with zero attached hydrogens (tertiary/aromatic N) is 4. The lowest BCUT2D eigenvalue weighted by atomic mass is 9.66. The molecule has 2 unspecified atom stereocenters. The molecule has 7 aromatic rings. The van der Waals surface area contributed by atoms with Gasteiger partial charge in [0.05, 0.1) is 28.3 Å². The zero-order chi connectivity index (χ0) is 31.4. The topological polar surface area (TPSA) is 51.6 Å². The smallest absolute Gasteiger partial charge is 0.160 e. The maximum atomic E-state index is 5.30. The number of hydrogen-bond acceptors (Lipinski definition) is 4. The first-order valence-electron chi connectivity index (χ1n) is 16.0. The molecule has 0 radical (unpaired) electrons. The van der Waals surface area contributed by atoms with E-state index < -0.39 is 0 Å². The molecule has 2 atom stereocenters. The van der Waals surface area contributed by atoms with Crippen molar-refractivity contribution in [3.63, 3.8) is 0 Å². The molecule has 0 spiro atoms. The average molecular weight is 603 g/mol. The predicted octanol–water partition coefficient (Wildman–Crippen LogP) is 10.5. The Bertz CT molecular complexity index is 2370. The summed E-state index contributed by atoms with van der Waals surface area (Å²) < 4.78 is 0. The van der Waals surface area contributed by atoms with Crippen molar-refractivity contribution in [3.8, 4) is 45.3 Å². The zero-order valence-corrected chi connectivity index (χ0v) is 25.9. The molecule has 0 N–H and O–H groups in total. The summed E-state index contributed by atoms with van der Waals surface area (Å²) in [5.74, 6) is 0.890. The fourth-order valence-electron chi connectivity index (χ4n) is 7.16. The van der Waals surface area contributed by atoms with Gasteiger partial charge in [-0.15, -0.1) is 0 Å². The van der Waals surface area contributed by atoms with Gasteiger partial charge >= 0.3 is 0 Å². The van der Waals surface area contributed by atoms with E-state index in [4.69, 9.17) is 19.9 Å². The molecular weight excluding hydrogens is 573 g/mol. The van der Waals surface area contributed by atoms with Crippen LogP contribution in [-0.4, -0.2) is 19.9 Å². The molecule has 9 rings (SSSR count). The number of allylic oxidation sites excluding steroid dienone is 5. The number of para-hydroxylation sites is 1. The lowest BCUT2D eigenvalue weighted by Gasteiger charge is -2.38. The van der Waals surface area contributed by atoms with E-state index in [0.717, 1.165) is 61.3 Å². The second kappa shape index (κ2) is 10.8. The fourth-order valence-corrected chi connectivity index (χ4v) is 7.16. The maximum absolute atomic E-state index is 5.30. The van der Waals surface area contributed by atoms with Crippen LogP contribution in [0.15, 0.2) is 152 Å². The van der Waals surface area contributed by atoms with E-state index in [-0.39, 0.29) is 11.3 Å². The van der Waals surface area contributed by atoms with Crippen LogP contribution in [0.4, 0.5) is 0 Å². The molecule has 4 heteroatoms. The van der Waals surface area contributed by atoms with E-state index in [1.54, 1.807) is 0 Å². The van der Waals surface area contributed by atoms with Gasteiger partial charge in [0.15, 0.2) is 5.82 Å². The third kappa shape index (κ3) is 4.52. The molecule has 222 valence electrons. The van der Waals surface area contributed by atoms with Gasteiger partial charge in [-0.25, -0.2) is 15.0 Å². The van der Waals surface area contributed by atoms with E-state index in [1.807, 2.05) is 42.6 Å². The second-order valence-corrected chi connectivity index (χ2v) is 12.5. The van der Waals surface area contributed by atoms with E-state index in [1.165, 1.54) is 10.9 Å². The van der Waals surface area contributed by atoms with Gasteiger partial charge in [0.25, 0.3) is 0 Å². The first-order chi connectivity index (χ1) is 23.2. The quantitative estimate of drug-likeness (QED) is 0.201. The minimum Gasteiger partial charge on any atom is -0.253 e. The molecule has 2 aliphatic carbocycles. The lowest BCUT2D eigenvalue weighted by molar-refractivity contribution is 0.483. The van der Waals surface area contributed by atoms with Crippen LogP contribution >= 0.6 is 0 Å². The standard InChI is InChI=1S/C43H30N4/c1-43-24-13-12-21-35(43)39-32-20-10-11-22-36(32)45-41(33(39)23-25-43)40-31-19-9-8-18-30(31)34(27-44-40)38-26-37(28-14-4-2-5-15-28)46-42(47-38)29-16-6-3-7-17-29/h2-27,35H,1H3. The van der Waals surface area contributed by atoms with Gasteiger partial charge in [-0.2, -0.15) is 0 Å². The van der Waals surface area contributed by atoms with E-state index in [9.17, 15) is 0 Å². The first-order valence-corrected chi connectivity index (χ1v) is 16.0. The minimum absolute atomic E-state index is 0.0948. The van der Waals surface area contributed by atoms with Crippen LogP contribution in [0.2, 0.25) is 0 Å². The van der Waals surface area contributed by atoms with Crippen LogP contribution in [0.3, 0.4) is 0 Å². The third-order valence-corrected chi connectivity index (χ3v) is 9.56. The molecule has 0 bridgehead atoms. The van der Waals surface area contributed by atoms with Gasteiger partial charge in [0.2, 0.25) is 0 Å². The molecule has 4 nitrogen and oxygen atoms in total. The zero-order valence-electron chi connectivity index (χ0n) is 25.9. The Labute approximate surface area is 273 Å². The molecule has 0 saturated heterocycles. The van der Waals surface area contributed by atoms with Crippen molar-refractivity contribution in [2.24, 2.45) is 5.41 Å². The number of aromatic nitrogens is 4. The number of hydrogen-bond donors (Lipinski definition) is 0. The van der Waals surface area contributed by atoms with E-state index in [2.05, 4.69) is 122 Å². The van der Waals surface area contributed by atoms with Gasteiger partial charge in [0.1, 0.15) is 0 Å². The Morgan fingerprint density at radius 1 is 0.596 bits per heavy atom. The Balaban J connectivity index is 1.28. The first kappa shape index (κ1) is 27.3. The van der Waals surface area contributed by atoms with Gasteiger partial charge in [-0.05, 0) is 23.1 Å². The normalized spacial score (nSPS) is 17.9. The second-order valence-electron chi connectivity index (χ2n) is 12.5. The molecule has 0 saturated carbocycles. The molecule has 2 aliphatic rings. The molecule has 0 fully saturated rings. The van der Waals surface area contributed by atoms with Crippen LogP contribution in [0, 0.1) is 5.41 Å². The summed E-state index contributed by atoms with van der Waals surface area (Å²) in [6, 6.07) is 39.5. The highest BCUT2D eigenvalue weighted by Crippen LogP contribution is 2.51. The Morgan fingerprint density at radius 3 is 2.09 bits per heavy atom. The molecule has 3 heterocycles. The van der Waals surface area contributed by atoms with E-state index in [0.29, 0.717) is 5.82 Å². The van der Waals surface area contributed by atoms with Crippen molar-refractivity contribution >= 4 is 27.8 Å². The van der Waals surface area contributed by atoms with Crippen molar-refractivity contribution in [1.29, 1.82) is 0 Å². The summed E-state index contributed by atoms with van der Waals surface area (Å²) in [6.45, 7) is 2.31. The Morgan fingerprint density at radius 2 is 1.28 bits per heavy atom. The third-order valence-electron chi connectivity index (χ3n) is 9.56. The maximum Gasteiger partial charge on any atom is 0.160 e. The van der Waals surface area contributed by atoms with Crippen molar-refractivity contribution in [2.45, 2.75) is 12.8 Å². The number of rotatable bonds is 4. The summed E-state index contributed by atoms with van der Waals surface area (Å²) in [5.41, 5.74) is 9.77. The highest BCUT2D eigenvalue weighted by atomic mass is 14.9. The molecular formula is C43H30N4. The summed E-state index contributed by atoms with van der Waals surface area (Å²) in [5, 5.41) is 3.30. The number of fused-ring (bicyclic) bond motifs is 6. The summed E-state index contributed by atoms with van der Waals surface area (Å²) >= 11 is 0. The summed E-state index contributed by atoms with van der Waals surface area (Å²) in [7, 11) is 0. The molecule has 4 aromatic carbocycles. The fraction of sp³-hybridized carbons (Fsp3) is 0.0698. The molecule has 3 aromatic heterocycles. The van der Waals surface area contributed by atoms with Crippen LogP contribution in [0.25, 0.3) is 73.0 Å². The average Bonchev–Trinajstić information content (AvgIpc) is 3.14. The summed E-state index contributed by atoms with van der Waals surface area (Å²) in [4.78, 5) is 20.6. The van der Waals surface area contributed by atoms with Crippen molar-refractivity contribution in [1.82, 2.24) is 19.9 Å². The summed E-state index contributed by atoms with van der Waals surface area (Å²) in [6.07, 6.45) is 15.5. The SMILES string of the molecule is CC12C=CC=CC1c1c(c(-c3ncc(-c4cc(-c5ccccc5)nc(-c5ccccc5)n4)c4ccccc34)nc3ccccc13)C=C2. The van der Waals surface area contributed by atoms with Gasteiger partial charge in [-0.3, -0.25) is 4.98 Å². The van der Waals surface area contributed by atoms with Crippen molar-refractivity contribution in [3.05, 3.63) is 163 Å². The Hall–Kier alpha value is -6.00. The number of benzene rings is 4. The number of pyridine rings is 2. The van der Waals surface area contributed by atoms with Crippen molar-refractivity contribution in [2.75, 3.05) is 0 Å². The van der Waals surface area contributed by atoms with Gasteiger partial charge in [0, 0.05) is 50.6 Å². The molecule has 0 aliphatic heterocycles. The highest BCUT2D eigenvalue weighted by molar-refractivity contribution is 6.05. The van der Waals surface area contributed by atoms with Crippen LogP contribution in [0.5, 0.6) is 0 Å². The Kier molecular flexibility index (Phi) is 6.29. The molecule has 47 heavy (non-hydrogen) atoms. The van der Waals surface area contributed by atoms with Gasteiger partial charge < -0.3 is 0 Å². The predicted molar refractivity (Wildman–Crippen MR) is 193 cm³/mol. The minimum atomic E-state index is -0.0948. The monoisotopic (exact) mass is 602 g/mol. The van der Waals surface area contributed by atoms with Crippen molar-refractivity contribution < 1.29 is 0 Å².